The molecule has 0 radical (unpaired) electrons. The molecule has 0 fully saturated rings. The van der Waals surface area contributed by atoms with Crippen molar-refractivity contribution in [2.75, 3.05) is 0 Å². The normalized spacial score (nSPS) is 13.5. The van der Waals surface area contributed by atoms with Crippen LogP contribution in [0.15, 0.2) is 30.3 Å². The Morgan fingerprint density at radius 3 is 2.65 bits per heavy atom. The van der Waals surface area contributed by atoms with Crippen molar-refractivity contribution in [1.82, 2.24) is 5.32 Å². The van der Waals surface area contributed by atoms with Gasteiger partial charge in [-0.05, 0) is 12.0 Å². The molecule has 0 aliphatic heterocycles. The van der Waals surface area contributed by atoms with Crippen LogP contribution in [0.5, 0.6) is 0 Å². The Kier molecular flexibility index (Phi) is 5.18. The van der Waals surface area contributed by atoms with E-state index in [1.54, 1.807) is 24.3 Å². The van der Waals surface area contributed by atoms with Gasteiger partial charge in [0.1, 0.15) is 0 Å². The third kappa shape index (κ3) is 3.89. The molecule has 1 amide bonds. The molecule has 2 unspecified atom stereocenters. The first-order valence-electron chi connectivity index (χ1n) is 5.59. The lowest BCUT2D eigenvalue weighted by molar-refractivity contribution is -0.130. The second kappa shape index (κ2) is 6.66. The summed E-state index contributed by atoms with van der Waals surface area (Å²) in [5, 5.41) is 21.0. The molecule has 17 heavy (non-hydrogen) atoms. The number of rotatable bonds is 5. The Balaban J connectivity index is 2.62. The number of benzene rings is 1. The molecular formula is C13H16N2O2. The van der Waals surface area contributed by atoms with Gasteiger partial charge < -0.3 is 10.4 Å². The molecular weight excluding hydrogens is 216 g/mol. The number of hydrogen-bond acceptors (Lipinski definition) is 3. The molecule has 4 heteroatoms. The molecule has 0 aliphatic carbocycles. The van der Waals surface area contributed by atoms with Crippen molar-refractivity contribution in [2.24, 2.45) is 0 Å². The maximum atomic E-state index is 11.7. The highest BCUT2D eigenvalue weighted by molar-refractivity contribution is 5.82. The average Bonchev–Trinajstić information content (AvgIpc) is 2.38. The zero-order chi connectivity index (χ0) is 12.7. The molecule has 0 saturated carbocycles. The molecule has 90 valence electrons. The zero-order valence-electron chi connectivity index (χ0n) is 9.76. The van der Waals surface area contributed by atoms with E-state index in [9.17, 15) is 9.90 Å². The number of carbonyl (C=O) groups is 1. The van der Waals surface area contributed by atoms with Gasteiger partial charge >= 0.3 is 0 Å². The molecule has 2 N–H and O–H groups in total. The quantitative estimate of drug-likeness (QED) is 0.808. The van der Waals surface area contributed by atoms with E-state index in [1.165, 1.54) is 0 Å². The summed E-state index contributed by atoms with van der Waals surface area (Å²) in [4.78, 5) is 11.7. The standard InChI is InChI=1S/C13H16N2O2/c1-2-11(8-9-14)15-13(17)12(16)10-6-4-3-5-7-10/h3-7,11-12,16H,2,8H2,1H3,(H,15,17). The van der Waals surface area contributed by atoms with E-state index in [2.05, 4.69) is 5.32 Å². The number of carbonyl (C=O) groups excluding carboxylic acids is 1. The zero-order valence-corrected chi connectivity index (χ0v) is 9.76. The summed E-state index contributed by atoms with van der Waals surface area (Å²) in [6, 6.07) is 10.5. The molecule has 0 heterocycles. The first kappa shape index (κ1) is 13.2. The van der Waals surface area contributed by atoms with Crippen LogP contribution in [0.3, 0.4) is 0 Å². The molecule has 0 aliphatic rings. The van der Waals surface area contributed by atoms with Crippen LogP contribution in [0.25, 0.3) is 0 Å². The van der Waals surface area contributed by atoms with Crippen molar-refractivity contribution in [3.63, 3.8) is 0 Å². The summed E-state index contributed by atoms with van der Waals surface area (Å²) in [6.45, 7) is 1.89. The smallest absolute Gasteiger partial charge is 0.253 e. The minimum atomic E-state index is -1.18. The van der Waals surface area contributed by atoms with Gasteiger partial charge in [0.2, 0.25) is 0 Å². The van der Waals surface area contributed by atoms with Gasteiger partial charge in [-0.1, -0.05) is 37.3 Å². The van der Waals surface area contributed by atoms with Crippen molar-refractivity contribution >= 4 is 5.91 Å². The van der Waals surface area contributed by atoms with Crippen LogP contribution >= 0.6 is 0 Å². The Bertz CT molecular complexity index is 398. The van der Waals surface area contributed by atoms with Gasteiger partial charge in [-0.3, -0.25) is 4.79 Å². The molecule has 0 spiro atoms. The van der Waals surface area contributed by atoms with Crippen LogP contribution in [0, 0.1) is 11.3 Å². The van der Waals surface area contributed by atoms with E-state index in [0.29, 0.717) is 12.0 Å². The Morgan fingerprint density at radius 1 is 1.47 bits per heavy atom. The molecule has 0 aromatic heterocycles. The summed E-state index contributed by atoms with van der Waals surface area (Å²) in [5.41, 5.74) is 0.553. The molecule has 4 nitrogen and oxygen atoms in total. The lowest BCUT2D eigenvalue weighted by Crippen LogP contribution is -2.37. The summed E-state index contributed by atoms with van der Waals surface area (Å²) in [5.74, 6) is -0.460. The predicted octanol–water partition coefficient (Wildman–Crippen LogP) is 1.53. The van der Waals surface area contributed by atoms with Gasteiger partial charge in [-0.25, -0.2) is 0 Å². The third-order valence-electron chi connectivity index (χ3n) is 2.54. The second-order valence-corrected chi connectivity index (χ2v) is 3.79. The number of nitrogens with one attached hydrogen (secondary N) is 1. The van der Waals surface area contributed by atoms with E-state index in [-0.39, 0.29) is 12.5 Å². The van der Waals surface area contributed by atoms with Gasteiger partial charge in [0.15, 0.2) is 6.10 Å². The average molecular weight is 232 g/mol. The van der Waals surface area contributed by atoms with Crippen LogP contribution in [-0.2, 0) is 4.79 Å². The first-order chi connectivity index (χ1) is 8.19. The van der Waals surface area contributed by atoms with E-state index in [1.807, 2.05) is 19.1 Å². The van der Waals surface area contributed by atoms with Crippen LogP contribution < -0.4 is 5.32 Å². The third-order valence-corrected chi connectivity index (χ3v) is 2.54. The summed E-state index contributed by atoms with van der Waals surface area (Å²) >= 11 is 0. The Labute approximate surface area is 101 Å². The summed E-state index contributed by atoms with van der Waals surface area (Å²) < 4.78 is 0. The minimum Gasteiger partial charge on any atom is -0.378 e. The minimum absolute atomic E-state index is 0.203. The van der Waals surface area contributed by atoms with E-state index in [4.69, 9.17) is 5.26 Å². The predicted molar refractivity (Wildman–Crippen MR) is 63.9 cm³/mol. The molecule has 1 aromatic carbocycles. The fraction of sp³-hybridized carbons (Fsp3) is 0.385. The largest absolute Gasteiger partial charge is 0.378 e. The van der Waals surface area contributed by atoms with Crippen LogP contribution in [0.4, 0.5) is 0 Å². The van der Waals surface area contributed by atoms with Gasteiger partial charge in [-0.15, -0.1) is 0 Å². The van der Waals surface area contributed by atoms with Gasteiger partial charge in [0, 0.05) is 6.04 Å². The highest BCUT2D eigenvalue weighted by Crippen LogP contribution is 2.12. The highest BCUT2D eigenvalue weighted by atomic mass is 16.3. The fourth-order valence-corrected chi connectivity index (χ4v) is 1.47. The number of aliphatic hydroxyl groups is 1. The van der Waals surface area contributed by atoms with Gasteiger partial charge in [-0.2, -0.15) is 5.26 Å². The molecule has 0 saturated heterocycles. The second-order valence-electron chi connectivity index (χ2n) is 3.79. The summed E-state index contributed by atoms with van der Waals surface area (Å²) in [6.07, 6.45) is -0.256. The number of aliphatic hydroxyl groups excluding tert-OH is 1. The van der Waals surface area contributed by atoms with Gasteiger partial charge in [0.05, 0.1) is 12.5 Å². The number of nitrogens with zero attached hydrogens (tertiary/aromatic N) is 1. The monoisotopic (exact) mass is 232 g/mol. The molecule has 1 rings (SSSR count). The van der Waals surface area contributed by atoms with E-state index >= 15 is 0 Å². The molecule has 0 bridgehead atoms. The SMILES string of the molecule is CCC(CC#N)NC(=O)C(O)c1ccccc1. The number of hydrogen-bond donors (Lipinski definition) is 2. The lowest BCUT2D eigenvalue weighted by atomic mass is 10.1. The van der Waals surface area contributed by atoms with Crippen LogP contribution in [0.2, 0.25) is 0 Å². The topological polar surface area (TPSA) is 73.1 Å². The van der Waals surface area contributed by atoms with E-state index in [0.717, 1.165) is 0 Å². The van der Waals surface area contributed by atoms with Crippen LogP contribution in [-0.4, -0.2) is 17.1 Å². The van der Waals surface area contributed by atoms with Crippen molar-refractivity contribution in [3.8, 4) is 6.07 Å². The lowest BCUT2D eigenvalue weighted by Gasteiger charge is -2.17. The number of nitriles is 1. The maximum Gasteiger partial charge on any atom is 0.253 e. The molecule has 2 atom stereocenters. The maximum absolute atomic E-state index is 11.7. The van der Waals surface area contributed by atoms with Crippen molar-refractivity contribution in [3.05, 3.63) is 35.9 Å². The van der Waals surface area contributed by atoms with Gasteiger partial charge in [0.25, 0.3) is 5.91 Å². The van der Waals surface area contributed by atoms with Crippen LogP contribution in [0.1, 0.15) is 31.4 Å². The Hall–Kier alpha value is -1.86. The van der Waals surface area contributed by atoms with Crippen molar-refractivity contribution in [2.45, 2.75) is 31.9 Å². The highest BCUT2D eigenvalue weighted by Gasteiger charge is 2.19. The fourth-order valence-electron chi connectivity index (χ4n) is 1.47. The first-order valence-corrected chi connectivity index (χ1v) is 5.59. The van der Waals surface area contributed by atoms with E-state index < -0.39 is 12.0 Å². The Morgan fingerprint density at radius 2 is 2.12 bits per heavy atom. The summed E-state index contributed by atoms with van der Waals surface area (Å²) in [7, 11) is 0. The van der Waals surface area contributed by atoms with Crippen molar-refractivity contribution in [1.29, 1.82) is 5.26 Å². The molecule has 1 aromatic rings. The number of amides is 1. The van der Waals surface area contributed by atoms with Crippen molar-refractivity contribution < 1.29 is 9.90 Å².